The smallest absolute Gasteiger partial charge is 0.175 e. The standard InChI is InChI=1S/C13H18BrNO3/c1-15(2)5-4-6-18-13-11(14)7-10(9-16)8-12(13)17-3/h7-9H,4-6H2,1-3H3. The quantitative estimate of drug-likeness (QED) is 0.572. The topological polar surface area (TPSA) is 38.8 Å². The second kappa shape index (κ2) is 7.38. The average molecular weight is 316 g/mol. The van der Waals surface area contributed by atoms with E-state index in [2.05, 4.69) is 20.8 Å². The van der Waals surface area contributed by atoms with Crippen LogP contribution in [0.4, 0.5) is 0 Å². The Morgan fingerprint density at radius 3 is 2.67 bits per heavy atom. The Kier molecular flexibility index (Phi) is 6.15. The Labute approximate surface area is 116 Å². The second-order valence-corrected chi connectivity index (χ2v) is 5.01. The third-order valence-electron chi connectivity index (χ3n) is 2.38. The zero-order chi connectivity index (χ0) is 13.5. The second-order valence-electron chi connectivity index (χ2n) is 4.16. The van der Waals surface area contributed by atoms with Gasteiger partial charge in [-0.05, 0) is 48.6 Å². The number of halogens is 1. The fourth-order valence-electron chi connectivity index (χ4n) is 1.50. The van der Waals surface area contributed by atoms with Crippen molar-refractivity contribution in [2.45, 2.75) is 6.42 Å². The number of carbonyl (C=O) groups excluding carboxylic acids is 1. The Balaban J connectivity index is 2.72. The van der Waals surface area contributed by atoms with Gasteiger partial charge in [0.05, 0.1) is 18.2 Å². The predicted octanol–water partition coefficient (Wildman–Crippen LogP) is 2.60. The summed E-state index contributed by atoms with van der Waals surface area (Å²) >= 11 is 3.39. The van der Waals surface area contributed by atoms with Gasteiger partial charge in [0, 0.05) is 12.1 Å². The third-order valence-corrected chi connectivity index (χ3v) is 2.97. The van der Waals surface area contributed by atoms with E-state index in [-0.39, 0.29) is 0 Å². The monoisotopic (exact) mass is 315 g/mol. The predicted molar refractivity (Wildman–Crippen MR) is 74.7 cm³/mol. The summed E-state index contributed by atoms with van der Waals surface area (Å²) in [6.45, 7) is 1.57. The lowest BCUT2D eigenvalue weighted by Gasteiger charge is -2.14. The van der Waals surface area contributed by atoms with Crippen LogP contribution in [0.1, 0.15) is 16.8 Å². The maximum absolute atomic E-state index is 10.8. The van der Waals surface area contributed by atoms with Gasteiger partial charge in [-0.15, -0.1) is 0 Å². The highest BCUT2D eigenvalue weighted by Gasteiger charge is 2.11. The number of hydrogen-bond donors (Lipinski definition) is 0. The van der Waals surface area contributed by atoms with Crippen LogP contribution in [0.25, 0.3) is 0 Å². The molecule has 4 nitrogen and oxygen atoms in total. The van der Waals surface area contributed by atoms with E-state index in [0.29, 0.717) is 23.7 Å². The molecule has 0 N–H and O–H groups in total. The van der Waals surface area contributed by atoms with Crippen molar-refractivity contribution < 1.29 is 14.3 Å². The van der Waals surface area contributed by atoms with Gasteiger partial charge in [-0.1, -0.05) is 0 Å². The van der Waals surface area contributed by atoms with Crippen molar-refractivity contribution in [3.8, 4) is 11.5 Å². The van der Waals surface area contributed by atoms with E-state index >= 15 is 0 Å². The van der Waals surface area contributed by atoms with Crippen molar-refractivity contribution in [1.29, 1.82) is 0 Å². The average Bonchev–Trinajstić information content (AvgIpc) is 2.34. The van der Waals surface area contributed by atoms with Crippen LogP contribution in [-0.2, 0) is 0 Å². The van der Waals surface area contributed by atoms with Crippen molar-refractivity contribution in [2.75, 3.05) is 34.4 Å². The van der Waals surface area contributed by atoms with Crippen LogP contribution in [0.2, 0.25) is 0 Å². The number of hydrogen-bond acceptors (Lipinski definition) is 4. The number of aldehydes is 1. The summed E-state index contributed by atoms with van der Waals surface area (Å²) < 4.78 is 11.6. The fraction of sp³-hybridized carbons (Fsp3) is 0.462. The molecule has 0 heterocycles. The molecule has 0 radical (unpaired) electrons. The number of benzene rings is 1. The number of carbonyl (C=O) groups is 1. The Morgan fingerprint density at radius 2 is 2.11 bits per heavy atom. The van der Waals surface area contributed by atoms with Crippen LogP contribution in [-0.4, -0.2) is 45.5 Å². The van der Waals surface area contributed by atoms with Crippen LogP contribution < -0.4 is 9.47 Å². The van der Waals surface area contributed by atoms with Crippen molar-refractivity contribution in [2.24, 2.45) is 0 Å². The summed E-state index contributed by atoms with van der Waals surface area (Å²) in [4.78, 5) is 12.9. The minimum atomic E-state index is 0.555. The van der Waals surface area contributed by atoms with Gasteiger partial charge in [-0.3, -0.25) is 4.79 Å². The first-order chi connectivity index (χ1) is 8.58. The van der Waals surface area contributed by atoms with E-state index in [1.807, 2.05) is 14.1 Å². The molecule has 0 aromatic heterocycles. The fourth-order valence-corrected chi connectivity index (χ4v) is 2.08. The van der Waals surface area contributed by atoms with Gasteiger partial charge >= 0.3 is 0 Å². The first kappa shape index (κ1) is 15.0. The summed E-state index contributed by atoms with van der Waals surface area (Å²) in [6.07, 6.45) is 1.71. The van der Waals surface area contributed by atoms with Crippen LogP contribution in [0, 0.1) is 0 Å². The molecular weight excluding hydrogens is 298 g/mol. The molecule has 0 amide bonds. The maximum Gasteiger partial charge on any atom is 0.175 e. The van der Waals surface area contributed by atoms with E-state index in [1.165, 1.54) is 0 Å². The molecule has 0 atom stereocenters. The molecule has 1 aromatic carbocycles. The minimum Gasteiger partial charge on any atom is -0.493 e. The number of methoxy groups -OCH3 is 1. The Hall–Kier alpha value is -1.07. The SMILES string of the molecule is COc1cc(C=O)cc(Br)c1OCCCN(C)C. The maximum atomic E-state index is 10.8. The van der Waals surface area contributed by atoms with E-state index in [0.717, 1.165) is 23.7 Å². The molecule has 0 aliphatic carbocycles. The normalized spacial score (nSPS) is 10.5. The highest BCUT2D eigenvalue weighted by Crippen LogP contribution is 2.36. The molecule has 0 fully saturated rings. The largest absolute Gasteiger partial charge is 0.493 e. The molecular formula is C13H18BrNO3. The molecule has 0 saturated carbocycles. The van der Waals surface area contributed by atoms with E-state index < -0.39 is 0 Å². The van der Waals surface area contributed by atoms with E-state index in [1.54, 1.807) is 19.2 Å². The summed E-state index contributed by atoms with van der Waals surface area (Å²) in [5.41, 5.74) is 0.555. The summed E-state index contributed by atoms with van der Waals surface area (Å²) in [7, 11) is 5.60. The van der Waals surface area contributed by atoms with Crippen LogP contribution in [0.15, 0.2) is 16.6 Å². The molecule has 1 rings (SSSR count). The highest BCUT2D eigenvalue weighted by atomic mass is 79.9. The lowest BCUT2D eigenvalue weighted by molar-refractivity contribution is 0.112. The van der Waals surface area contributed by atoms with E-state index in [9.17, 15) is 4.79 Å². The summed E-state index contributed by atoms with van der Waals surface area (Å²) in [5.74, 6) is 1.21. The lowest BCUT2D eigenvalue weighted by Crippen LogP contribution is -2.15. The Morgan fingerprint density at radius 1 is 1.39 bits per heavy atom. The van der Waals surface area contributed by atoms with Gasteiger partial charge in [-0.2, -0.15) is 0 Å². The molecule has 0 spiro atoms. The molecule has 18 heavy (non-hydrogen) atoms. The Bertz CT molecular complexity index is 407. The molecule has 0 bridgehead atoms. The van der Waals surface area contributed by atoms with Gasteiger partial charge in [0.1, 0.15) is 6.29 Å². The minimum absolute atomic E-state index is 0.555. The van der Waals surface area contributed by atoms with Gasteiger partial charge in [0.2, 0.25) is 0 Å². The third kappa shape index (κ3) is 4.31. The van der Waals surface area contributed by atoms with Crippen molar-refractivity contribution >= 4 is 22.2 Å². The van der Waals surface area contributed by atoms with Gasteiger partial charge in [0.25, 0.3) is 0 Å². The summed E-state index contributed by atoms with van der Waals surface area (Å²) in [5, 5.41) is 0. The van der Waals surface area contributed by atoms with Crippen LogP contribution in [0.3, 0.4) is 0 Å². The van der Waals surface area contributed by atoms with Gasteiger partial charge in [-0.25, -0.2) is 0 Å². The van der Waals surface area contributed by atoms with Crippen molar-refractivity contribution in [3.63, 3.8) is 0 Å². The van der Waals surface area contributed by atoms with Crippen molar-refractivity contribution in [1.82, 2.24) is 4.90 Å². The number of nitrogens with zero attached hydrogens (tertiary/aromatic N) is 1. The van der Waals surface area contributed by atoms with Crippen LogP contribution >= 0.6 is 15.9 Å². The molecule has 0 aliphatic rings. The zero-order valence-electron chi connectivity index (χ0n) is 10.9. The molecule has 0 unspecified atom stereocenters. The zero-order valence-corrected chi connectivity index (χ0v) is 12.5. The lowest BCUT2D eigenvalue weighted by atomic mass is 10.2. The molecule has 5 heteroatoms. The van der Waals surface area contributed by atoms with Crippen LogP contribution in [0.5, 0.6) is 11.5 Å². The number of ether oxygens (including phenoxy) is 2. The van der Waals surface area contributed by atoms with Gasteiger partial charge < -0.3 is 14.4 Å². The van der Waals surface area contributed by atoms with E-state index in [4.69, 9.17) is 9.47 Å². The van der Waals surface area contributed by atoms with Gasteiger partial charge in [0.15, 0.2) is 11.5 Å². The molecule has 100 valence electrons. The molecule has 0 saturated heterocycles. The van der Waals surface area contributed by atoms with Crippen molar-refractivity contribution in [3.05, 3.63) is 22.2 Å². The molecule has 0 aliphatic heterocycles. The first-order valence-electron chi connectivity index (χ1n) is 5.68. The molecule has 1 aromatic rings. The summed E-state index contributed by atoms with van der Waals surface area (Å²) in [6, 6.07) is 3.38. The number of rotatable bonds is 7. The highest BCUT2D eigenvalue weighted by molar-refractivity contribution is 9.10. The first-order valence-corrected chi connectivity index (χ1v) is 6.48.